The molecule has 0 bridgehead atoms. The van der Waals surface area contributed by atoms with Gasteiger partial charge in [0.1, 0.15) is 0 Å². The number of halogens is 3. The molecule has 3 N–H and O–H groups in total. The van der Waals surface area contributed by atoms with Crippen molar-refractivity contribution in [2.24, 2.45) is 0 Å². The summed E-state index contributed by atoms with van der Waals surface area (Å²) in [6.45, 7) is 2.17. The monoisotopic (exact) mass is 234 g/mol. The maximum absolute atomic E-state index is 10.6. The van der Waals surface area contributed by atoms with Crippen LogP contribution in [-0.2, 0) is 14.4 Å². The Labute approximate surface area is 81.9 Å². The molecule has 0 rings (SSSR count). The van der Waals surface area contributed by atoms with Gasteiger partial charge in [-0.2, -0.15) is 13.2 Å². The van der Waals surface area contributed by atoms with Gasteiger partial charge in [-0.1, -0.05) is 0 Å². The fraction of sp³-hybridized carbons (Fsp3) is 0.500. The molecule has 90 valence electrons. The van der Waals surface area contributed by atoms with E-state index in [1.54, 1.807) is 0 Å². The summed E-state index contributed by atoms with van der Waals surface area (Å²) in [6.07, 6.45) is -5.08. The van der Waals surface area contributed by atoms with E-state index in [2.05, 4.69) is 0 Å². The Bertz CT molecular complexity index is 201. The van der Waals surface area contributed by atoms with Crippen molar-refractivity contribution in [1.82, 2.24) is 0 Å². The van der Waals surface area contributed by atoms with Crippen LogP contribution in [0.1, 0.15) is 13.8 Å². The molecule has 0 aromatic rings. The lowest BCUT2D eigenvalue weighted by molar-refractivity contribution is -0.192. The van der Waals surface area contributed by atoms with Gasteiger partial charge in [0.25, 0.3) is 11.9 Å². The highest BCUT2D eigenvalue weighted by Gasteiger charge is 2.38. The summed E-state index contributed by atoms with van der Waals surface area (Å²) >= 11 is 0. The lowest BCUT2D eigenvalue weighted by Gasteiger charge is -1.93. The summed E-state index contributed by atoms with van der Waals surface area (Å²) in [5, 5.41) is 22.0. The van der Waals surface area contributed by atoms with Crippen LogP contribution in [0.2, 0.25) is 0 Å². The summed E-state index contributed by atoms with van der Waals surface area (Å²) in [4.78, 5) is 26.9. The second-order valence-electron chi connectivity index (χ2n) is 1.84. The van der Waals surface area contributed by atoms with Crippen molar-refractivity contribution in [3.63, 3.8) is 0 Å². The van der Waals surface area contributed by atoms with Gasteiger partial charge in [0.2, 0.25) is 0 Å². The van der Waals surface area contributed by atoms with Crippen molar-refractivity contribution < 1.29 is 42.9 Å². The van der Waals surface area contributed by atoms with Gasteiger partial charge in [-0.05, 0) is 0 Å². The normalized spacial score (nSPS) is 8.60. The average molecular weight is 234 g/mol. The average Bonchev–Trinajstić information content (AvgIpc) is 1.80. The van der Waals surface area contributed by atoms with Gasteiger partial charge in [0, 0.05) is 13.8 Å². The molecule has 0 heterocycles. The van der Waals surface area contributed by atoms with E-state index in [9.17, 15) is 13.2 Å². The summed E-state index contributed by atoms with van der Waals surface area (Å²) < 4.78 is 31.7. The molecule has 0 radical (unpaired) electrons. The predicted octanol–water partition coefficient (Wildman–Crippen LogP) is 0.815. The van der Waals surface area contributed by atoms with Crippen molar-refractivity contribution in [3.05, 3.63) is 0 Å². The van der Waals surface area contributed by atoms with Crippen molar-refractivity contribution in [3.8, 4) is 0 Å². The van der Waals surface area contributed by atoms with E-state index in [1.807, 2.05) is 0 Å². The molecule has 0 spiro atoms. The number of carbonyl (C=O) groups is 3. The minimum atomic E-state index is -5.08. The van der Waals surface area contributed by atoms with Gasteiger partial charge in [0.15, 0.2) is 0 Å². The van der Waals surface area contributed by atoms with E-state index in [-0.39, 0.29) is 0 Å². The first-order valence-corrected chi connectivity index (χ1v) is 3.10. The number of aliphatic carboxylic acids is 3. The predicted molar refractivity (Wildman–Crippen MR) is 40.3 cm³/mol. The van der Waals surface area contributed by atoms with Crippen LogP contribution in [-0.4, -0.2) is 39.4 Å². The minimum absolute atomic E-state index is 0.833. The molecule has 0 amide bonds. The quantitative estimate of drug-likeness (QED) is 0.571. The molecule has 0 saturated heterocycles. The third kappa shape index (κ3) is 72.0. The number of hydrogen-bond donors (Lipinski definition) is 3. The highest BCUT2D eigenvalue weighted by Crippen LogP contribution is 2.13. The first kappa shape index (κ1) is 18.9. The smallest absolute Gasteiger partial charge is 0.481 e. The van der Waals surface area contributed by atoms with Gasteiger partial charge >= 0.3 is 12.1 Å². The molecule has 0 atom stereocenters. The Morgan fingerprint density at radius 1 is 0.867 bits per heavy atom. The Kier molecular flexibility index (Phi) is 11.1. The van der Waals surface area contributed by atoms with Crippen LogP contribution in [0.15, 0.2) is 0 Å². The number of alkyl halides is 3. The summed E-state index contributed by atoms with van der Waals surface area (Å²) in [7, 11) is 0. The molecule has 15 heavy (non-hydrogen) atoms. The number of carboxylic acids is 3. The Balaban J connectivity index is -0.000000155. The molecular formula is C6H9F3O6. The van der Waals surface area contributed by atoms with Crippen LogP contribution < -0.4 is 0 Å². The fourth-order valence-corrected chi connectivity index (χ4v) is 0. The van der Waals surface area contributed by atoms with Gasteiger partial charge in [0.05, 0.1) is 0 Å². The zero-order valence-corrected chi connectivity index (χ0v) is 7.70. The third-order valence-electron chi connectivity index (χ3n) is 0.243. The van der Waals surface area contributed by atoms with Crippen LogP contribution in [0.5, 0.6) is 0 Å². The third-order valence-corrected chi connectivity index (χ3v) is 0.243. The van der Waals surface area contributed by atoms with Crippen LogP contribution in [0.3, 0.4) is 0 Å². The molecule has 0 aromatic heterocycles. The van der Waals surface area contributed by atoms with Crippen molar-refractivity contribution in [1.29, 1.82) is 0 Å². The Morgan fingerprint density at radius 3 is 0.933 bits per heavy atom. The van der Waals surface area contributed by atoms with Crippen LogP contribution >= 0.6 is 0 Å². The Hall–Kier alpha value is -1.80. The zero-order valence-electron chi connectivity index (χ0n) is 7.70. The van der Waals surface area contributed by atoms with E-state index in [1.165, 1.54) is 0 Å². The first-order valence-electron chi connectivity index (χ1n) is 3.10. The maximum atomic E-state index is 10.6. The van der Waals surface area contributed by atoms with E-state index in [4.69, 9.17) is 29.7 Å². The van der Waals surface area contributed by atoms with Crippen molar-refractivity contribution >= 4 is 17.9 Å². The number of hydrogen-bond acceptors (Lipinski definition) is 3. The topological polar surface area (TPSA) is 112 Å². The largest absolute Gasteiger partial charge is 0.490 e. The van der Waals surface area contributed by atoms with E-state index in [0.29, 0.717) is 0 Å². The summed E-state index contributed by atoms with van der Waals surface area (Å²) in [5.41, 5.74) is 0. The zero-order chi connectivity index (χ0) is 13.2. The minimum Gasteiger partial charge on any atom is -0.481 e. The van der Waals surface area contributed by atoms with Crippen LogP contribution in [0.4, 0.5) is 13.2 Å². The number of rotatable bonds is 0. The second kappa shape index (κ2) is 8.78. The highest BCUT2D eigenvalue weighted by molar-refractivity contribution is 5.73. The second-order valence-corrected chi connectivity index (χ2v) is 1.84. The molecule has 6 nitrogen and oxygen atoms in total. The fourth-order valence-electron chi connectivity index (χ4n) is 0. The first-order chi connectivity index (χ1) is 6.41. The summed E-state index contributed by atoms with van der Waals surface area (Å²) in [6, 6.07) is 0. The summed E-state index contributed by atoms with van der Waals surface area (Å²) in [5.74, 6) is -4.42. The standard InChI is InChI=1S/C2HF3O2.2C2H4O2/c3-2(4,5)1(6)7;2*1-2(3)4/h(H,6,7);2*1H3,(H,3,4). The lowest BCUT2D eigenvalue weighted by atomic mass is 10.7. The van der Waals surface area contributed by atoms with Gasteiger partial charge < -0.3 is 15.3 Å². The van der Waals surface area contributed by atoms with E-state index < -0.39 is 24.1 Å². The molecular weight excluding hydrogens is 225 g/mol. The van der Waals surface area contributed by atoms with Crippen LogP contribution in [0.25, 0.3) is 0 Å². The van der Waals surface area contributed by atoms with Gasteiger partial charge in [-0.25, -0.2) is 4.79 Å². The molecule has 0 aliphatic rings. The maximum Gasteiger partial charge on any atom is 0.490 e. The van der Waals surface area contributed by atoms with Crippen LogP contribution in [0, 0.1) is 0 Å². The molecule has 9 heteroatoms. The van der Waals surface area contributed by atoms with Crippen molar-refractivity contribution in [2.45, 2.75) is 20.0 Å². The molecule has 0 aliphatic heterocycles. The van der Waals surface area contributed by atoms with Crippen molar-refractivity contribution in [2.75, 3.05) is 0 Å². The molecule has 0 unspecified atom stereocenters. The van der Waals surface area contributed by atoms with E-state index in [0.717, 1.165) is 13.8 Å². The van der Waals surface area contributed by atoms with Gasteiger partial charge in [-0.3, -0.25) is 9.59 Å². The lowest BCUT2D eigenvalue weighted by Crippen LogP contribution is -2.21. The molecule has 0 aromatic carbocycles. The van der Waals surface area contributed by atoms with E-state index >= 15 is 0 Å². The Morgan fingerprint density at radius 2 is 0.933 bits per heavy atom. The van der Waals surface area contributed by atoms with Gasteiger partial charge in [-0.15, -0.1) is 0 Å². The molecule has 0 aliphatic carbocycles. The SMILES string of the molecule is CC(=O)O.CC(=O)O.O=C(O)C(F)(F)F. The number of carboxylic acid groups (broad SMARTS) is 3. The molecule has 0 fully saturated rings. The highest BCUT2D eigenvalue weighted by atomic mass is 19.4. The molecule has 0 saturated carbocycles.